The third kappa shape index (κ3) is 22.2. The minimum absolute atomic E-state index is 0.126. The number of rotatable bonds is 17. The predicted molar refractivity (Wildman–Crippen MR) is 577 cm³/mol. The van der Waals surface area contributed by atoms with E-state index in [-0.39, 0.29) is 16.8 Å². The third-order valence-corrected chi connectivity index (χ3v) is 27.7. The summed E-state index contributed by atoms with van der Waals surface area (Å²) in [6.45, 7) is 14.5. The summed E-state index contributed by atoms with van der Waals surface area (Å²) in [6.07, 6.45) is 18.3. The summed E-state index contributed by atoms with van der Waals surface area (Å²) in [5.41, 5.74) is 32.2. The van der Waals surface area contributed by atoms with Gasteiger partial charge in [0.1, 0.15) is 69.9 Å². The first-order valence-electron chi connectivity index (χ1n) is 48.2. The molecule has 25 nitrogen and oxygen atoms in total. The van der Waals surface area contributed by atoms with Crippen molar-refractivity contribution in [1.82, 2.24) is 29.9 Å². The van der Waals surface area contributed by atoms with E-state index in [0.717, 1.165) is 266 Å². The molecule has 8 aliphatic heterocycles. The van der Waals surface area contributed by atoms with E-state index in [4.69, 9.17) is 62.7 Å². The zero-order chi connectivity index (χ0) is 98.9. The molecule has 3 fully saturated rings. The number of hydrogen-bond acceptors (Lipinski definition) is 24. The van der Waals surface area contributed by atoms with Crippen LogP contribution in [-0.4, -0.2) is 108 Å². The highest BCUT2D eigenvalue weighted by Gasteiger charge is 2.53. The fourth-order valence-corrected chi connectivity index (χ4v) is 19.4. The minimum atomic E-state index is -0.446. The Morgan fingerprint density at radius 1 is 0.393 bits per heavy atom. The molecule has 726 valence electrons. The number of benzene rings is 11. The van der Waals surface area contributed by atoms with E-state index in [1.165, 1.54) is 16.7 Å². The molecule has 0 spiro atoms. The van der Waals surface area contributed by atoms with Crippen LogP contribution in [0.4, 0.5) is 62.6 Å². The Bertz CT molecular complexity index is 7620. The van der Waals surface area contributed by atoms with Gasteiger partial charge in [-0.3, -0.25) is 24.7 Å². The van der Waals surface area contributed by atoms with Crippen molar-refractivity contribution >= 4 is 107 Å². The highest BCUT2D eigenvalue weighted by Crippen LogP contribution is 2.50. The van der Waals surface area contributed by atoms with Crippen LogP contribution in [0.2, 0.25) is 0 Å². The first kappa shape index (κ1) is 95.4. The molecule has 11 aromatic carbocycles. The average molecular weight is 2050 g/mol. The number of pyridine rings is 6. The molecule has 145 heavy (non-hydrogen) atoms. The molecule has 17 aromatic rings. The van der Waals surface area contributed by atoms with Crippen molar-refractivity contribution in [3.63, 3.8) is 0 Å². The van der Waals surface area contributed by atoms with Gasteiger partial charge in [0.15, 0.2) is 0 Å². The van der Waals surface area contributed by atoms with Gasteiger partial charge in [0.05, 0.1) is 113 Å². The van der Waals surface area contributed by atoms with Gasteiger partial charge in [-0.2, -0.15) is 0 Å². The first-order chi connectivity index (χ1) is 70.8. The summed E-state index contributed by atoms with van der Waals surface area (Å²) in [4.78, 5) is 41.6. The largest absolute Gasteiger partial charge is 0.498 e. The van der Waals surface area contributed by atoms with Gasteiger partial charge < -0.3 is 93.7 Å². The van der Waals surface area contributed by atoms with E-state index in [1.807, 2.05) is 219 Å². The van der Waals surface area contributed by atoms with Gasteiger partial charge >= 0.3 is 7.12 Å². The number of aromatic nitrogens is 6. The summed E-state index contributed by atoms with van der Waals surface area (Å²) in [6, 6.07) is 92.4. The van der Waals surface area contributed by atoms with Crippen LogP contribution in [0.1, 0.15) is 88.9 Å². The van der Waals surface area contributed by atoms with Crippen LogP contribution in [0.5, 0.6) is 69.1 Å². The molecule has 28 heteroatoms. The Morgan fingerprint density at radius 3 is 1.22 bits per heavy atom. The maximum Gasteiger partial charge on any atom is 0.498 e. The maximum absolute atomic E-state index is 12.5. The summed E-state index contributed by atoms with van der Waals surface area (Å²) >= 11 is 7.05. The molecule has 0 aliphatic carbocycles. The van der Waals surface area contributed by atoms with Crippen molar-refractivity contribution in [2.45, 2.75) is 77.6 Å². The number of nitrogens with zero attached hydrogens (tertiary/aromatic N) is 7. The topological polar surface area (TPSA) is 279 Å². The zero-order valence-corrected chi connectivity index (χ0v) is 83.7. The second kappa shape index (κ2) is 42.8. The van der Waals surface area contributed by atoms with Crippen LogP contribution < -0.4 is 81.0 Å². The molecule has 7 N–H and O–H groups in total. The quantitative estimate of drug-likeness (QED) is 0.0365. The molecule has 0 radical (unpaired) electrons. The van der Waals surface area contributed by atoms with Crippen LogP contribution >= 0.6 is 31.9 Å². The highest BCUT2D eigenvalue weighted by molar-refractivity contribution is 9.11. The monoisotopic (exact) mass is 2050 g/mol. The Morgan fingerprint density at radius 2 is 0.779 bits per heavy atom. The number of fused-ring (bicyclic) bond motifs is 10. The Balaban J connectivity index is 0.000000110. The van der Waals surface area contributed by atoms with E-state index in [9.17, 15) is 4.79 Å². The lowest BCUT2D eigenvalue weighted by molar-refractivity contribution is 0.00578. The number of ether oxygens (including phenoxy) is 9. The lowest BCUT2D eigenvalue weighted by Crippen LogP contribution is -2.41. The molecule has 6 aromatic heterocycles. The normalized spacial score (nSPS) is 14.5. The number of aromatic amines is 1. The lowest BCUT2D eigenvalue weighted by Gasteiger charge is -2.32. The average Bonchev–Trinajstić information content (AvgIpc) is 1.66. The Labute approximate surface area is 857 Å². The van der Waals surface area contributed by atoms with Gasteiger partial charge in [0, 0.05) is 196 Å². The van der Waals surface area contributed by atoms with E-state index in [0.29, 0.717) is 38.9 Å². The summed E-state index contributed by atoms with van der Waals surface area (Å²) in [5.74, 6) is 10.0. The Hall–Kier alpha value is -15.8. The first-order valence-corrected chi connectivity index (χ1v) is 49.8. The molecule has 0 bridgehead atoms. The molecule has 0 atom stereocenters. The van der Waals surface area contributed by atoms with E-state index in [1.54, 1.807) is 44.2 Å². The van der Waals surface area contributed by atoms with Crippen molar-refractivity contribution < 1.29 is 51.9 Å². The number of halogens is 2. The van der Waals surface area contributed by atoms with Crippen molar-refractivity contribution in [2.75, 3.05) is 96.5 Å². The number of hydrogen-bond donors (Lipinski definition) is 6. The summed E-state index contributed by atoms with van der Waals surface area (Å²) < 4.78 is 68.4. The number of H-pyrrole nitrogens is 1. The van der Waals surface area contributed by atoms with Crippen molar-refractivity contribution in [1.29, 1.82) is 0 Å². The number of morpholine rings is 2. The minimum Gasteiger partial charge on any atom is -0.497 e. The zero-order valence-electron chi connectivity index (χ0n) is 80.5. The molecular formula is C117H104BBr2N13O12. The molecule has 25 rings (SSSR count). The van der Waals surface area contributed by atoms with E-state index < -0.39 is 7.12 Å². The van der Waals surface area contributed by atoms with Crippen molar-refractivity contribution in [2.24, 2.45) is 0 Å². The van der Waals surface area contributed by atoms with E-state index in [2.05, 4.69) is 188 Å². The van der Waals surface area contributed by atoms with Crippen LogP contribution in [0.25, 0.3) is 22.5 Å². The van der Waals surface area contributed by atoms with Gasteiger partial charge in [0.25, 0.3) is 0 Å². The highest BCUT2D eigenvalue weighted by atomic mass is 79.9. The van der Waals surface area contributed by atoms with Gasteiger partial charge in [-0.25, -0.2) is 4.98 Å². The molecule has 14 heterocycles. The van der Waals surface area contributed by atoms with Gasteiger partial charge in [0.2, 0.25) is 11.4 Å². The molecular weight excluding hydrogens is 1950 g/mol. The second-order valence-electron chi connectivity index (χ2n) is 37.0. The number of methoxy groups -OCH3 is 1. The van der Waals surface area contributed by atoms with Crippen molar-refractivity contribution in [3.05, 3.63) is 409 Å². The maximum atomic E-state index is 12.5. The standard InChI is InChI=1S/C35H32N4O4.C27H24N4O3.C24H25BN2O3.C18H13BrN2O.C13H10BrNO/c1-40-30-10-7-24(8-11-30)23-42-34-21-29(39-14-16-41-17-15-39)20-32(38-34)31-6-2-4-25-18-26-19-27(9-12-33(26)43-35(25)31)37-28-5-3-13-36-22-28;32-26-16-22(31-9-11-33-12-10-31)15-24(30-26)23-5-1-3-18-13-19-14-20(6-7-25(19)34-27(18)23)29-21-4-2-8-28-17-21;1-23(2)24(3,4)30-25(29-23)20-9-5-7-16-13-17-14-18(10-11-21(17)28-22(16)20)27-19-8-6-12-26-15-19;19-16-5-1-3-12-9-13-10-14(6-7-17(13)22-18(12)16)21-15-4-2-8-20-11-15;14-11-3-1-2-8-6-9-7-10(15)4-5-12(9)16-13(8)11/h2-13,19-22,37H,14-18,23H2,1H3;1-8,14-17,29H,9-13H2,(H,30,32);5-12,14-15,27H,13H2,1-4H3;1-8,10-11,21H,9H2;1-5,7H,6,15H2. The molecule has 0 unspecified atom stereocenters. The van der Waals surface area contributed by atoms with Gasteiger partial charge in [-0.1, -0.05) is 78.9 Å². The summed E-state index contributed by atoms with van der Waals surface area (Å²) in [5, 5.41) is 13.6. The second-order valence-corrected chi connectivity index (χ2v) is 38.7. The molecule has 8 aliphatic rings. The van der Waals surface area contributed by atoms with Crippen LogP contribution in [0.3, 0.4) is 0 Å². The SMILES string of the molecule is Brc1cccc2c1Oc1ccc(Nc3cccnc3)cc1C2.CC1(C)OB(c2cccc3c2Oc2ccc(Nc4cccnc4)cc2C3)OC1(C)C.COc1ccc(COc2cc(N3CCOCC3)cc(-c3cccc4c3Oc3ccc(Nc5cccnc5)cc3C4)n2)cc1.Nc1ccc2c(c1)Cc1cccc(Br)c1O2.O=c1cc(N2CCOCC2)cc(-c2cccc3c2Oc2ccc(Nc4cccnc4)cc2C3)[nH]1. The van der Waals surface area contributed by atoms with Crippen LogP contribution in [0.15, 0.2) is 342 Å². The number of nitrogen functional groups attached to an aromatic ring is 1. The fraction of sp³-hybridized carbons (Fsp3) is 0.179. The number of para-hydroxylation sites is 5. The molecule has 0 saturated carbocycles. The smallest absolute Gasteiger partial charge is 0.497 e. The number of anilines is 11. The van der Waals surface area contributed by atoms with Crippen molar-refractivity contribution in [3.8, 4) is 91.6 Å². The molecule has 3 saturated heterocycles. The van der Waals surface area contributed by atoms with Crippen LogP contribution in [-0.2, 0) is 57.5 Å². The predicted octanol–water partition coefficient (Wildman–Crippen LogP) is 25.6. The lowest BCUT2D eigenvalue weighted by atomic mass is 9.76. The third-order valence-electron chi connectivity index (χ3n) is 26.5. The van der Waals surface area contributed by atoms with Crippen LogP contribution in [0, 0.1) is 0 Å². The fourth-order valence-electron chi connectivity index (χ4n) is 18.4. The van der Waals surface area contributed by atoms with Gasteiger partial charge in [-0.15, -0.1) is 0 Å². The van der Waals surface area contributed by atoms with Gasteiger partial charge in [-0.05, 0) is 264 Å². The van der Waals surface area contributed by atoms with E-state index >= 15 is 0 Å². The summed E-state index contributed by atoms with van der Waals surface area (Å²) in [7, 11) is 1.22. The number of nitrogens with one attached hydrogen (secondary N) is 5. The Kier molecular flexibility index (Phi) is 28.1. The number of nitrogens with two attached hydrogens (primary N) is 1. The molecule has 0 amide bonds.